The van der Waals surface area contributed by atoms with Crippen molar-refractivity contribution in [2.75, 3.05) is 37.7 Å². The summed E-state index contributed by atoms with van der Waals surface area (Å²) in [6.45, 7) is 5.27. The number of piperazine rings is 1. The number of imidazole rings is 1. The summed E-state index contributed by atoms with van der Waals surface area (Å²) in [7, 11) is 0. The van der Waals surface area contributed by atoms with Crippen molar-refractivity contribution in [2.24, 2.45) is 0 Å². The second kappa shape index (κ2) is 7.92. The van der Waals surface area contributed by atoms with Gasteiger partial charge in [-0.05, 0) is 24.3 Å². The molecule has 0 atom stereocenters. The molecule has 0 unspecified atom stereocenters. The Labute approximate surface area is 168 Å². The number of aromatic nitrogens is 5. The molecule has 1 aliphatic heterocycles. The molecule has 4 aromatic rings. The number of fused-ring (bicyclic) bond motifs is 1. The van der Waals surface area contributed by atoms with Crippen molar-refractivity contribution in [1.82, 2.24) is 29.5 Å². The van der Waals surface area contributed by atoms with Crippen molar-refractivity contribution in [1.29, 1.82) is 0 Å². The normalized spacial score (nSPS) is 14.4. The lowest BCUT2D eigenvalue weighted by Gasteiger charge is -2.28. The molecule has 0 spiro atoms. The highest BCUT2D eigenvalue weighted by molar-refractivity contribution is 5.81. The maximum Gasteiger partial charge on any atom is 0.138 e. The molecule has 1 aliphatic rings. The van der Waals surface area contributed by atoms with Gasteiger partial charge in [-0.15, -0.1) is 0 Å². The van der Waals surface area contributed by atoms with E-state index >= 15 is 0 Å². The van der Waals surface area contributed by atoms with Crippen LogP contribution in [0.5, 0.6) is 5.75 Å². The minimum Gasteiger partial charge on any atom is -0.490 e. The molecule has 148 valence electrons. The number of ether oxygens (including phenoxy) is 1. The maximum atomic E-state index is 5.99. The average molecular weight is 389 g/mol. The molecule has 0 aliphatic carbocycles. The van der Waals surface area contributed by atoms with E-state index in [0.29, 0.717) is 6.61 Å². The first-order valence-corrected chi connectivity index (χ1v) is 9.85. The Bertz CT molecular complexity index is 1070. The standard InChI is InChI=1S/C21H23N7O/c1-2-21(27-9-6-22-7-10-27)24-14-17(1)19-13-18(15-28-20(19)3-4-25-28)29-12-11-26-8-5-23-16-26/h1-5,8,13-16,22H,6-7,9-12H2. The third-order valence-corrected chi connectivity index (χ3v) is 5.16. The van der Waals surface area contributed by atoms with E-state index in [9.17, 15) is 0 Å². The summed E-state index contributed by atoms with van der Waals surface area (Å²) in [6, 6.07) is 8.29. The van der Waals surface area contributed by atoms with Gasteiger partial charge in [0.15, 0.2) is 0 Å². The number of rotatable bonds is 6. The lowest BCUT2D eigenvalue weighted by molar-refractivity contribution is 0.296. The Kier molecular flexibility index (Phi) is 4.83. The van der Waals surface area contributed by atoms with E-state index in [1.165, 1.54) is 0 Å². The Hall–Kier alpha value is -3.39. The van der Waals surface area contributed by atoms with Crippen molar-refractivity contribution in [3.63, 3.8) is 0 Å². The zero-order valence-electron chi connectivity index (χ0n) is 16.1. The second-order valence-corrected chi connectivity index (χ2v) is 7.04. The molecule has 0 bridgehead atoms. The van der Waals surface area contributed by atoms with Gasteiger partial charge >= 0.3 is 0 Å². The molecule has 1 saturated heterocycles. The minimum absolute atomic E-state index is 0.558. The van der Waals surface area contributed by atoms with Crippen molar-refractivity contribution < 1.29 is 4.74 Å². The van der Waals surface area contributed by atoms with E-state index < -0.39 is 0 Å². The smallest absolute Gasteiger partial charge is 0.138 e. The van der Waals surface area contributed by atoms with E-state index in [2.05, 4.69) is 38.5 Å². The largest absolute Gasteiger partial charge is 0.490 e. The van der Waals surface area contributed by atoms with E-state index in [0.717, 1.165) is 60.9 Å². The van der Waals surface area contributed by atoms with Crippen molar-refractivity contribution in [3.8, 4) is 16.9 Å². The molecule has 5 rings (SSSR count). The first-order chi connectivity index (χ1) is 14.4. The molecule has 29 heavy (non-hydrogen) atoms. The highest BCUT2D eigenvalue weighted by atomic mass is 16.5. The number of hydrogen-bond acceptors (Lipinski definition) is 6. The quantitative estimate of drug-likeness (QED) is 0.544. The Morgan fingerprint density at radius 2 is 2.03 bits per heavy atom. The summed E-state index contributed by atoms with van der Waals surface area (Å²) in [4.78, 5) is 11.1. The van der Waals surface area contributed by atoms with Crippen LogP contribution < -0.4 is 15.0 Å². The number of nitrogens with zero attached hydrogens (tertiary/aromatic N) is 6. The highest BCUT2D eigenvalue weighted by Gasteiger charge is 2.13. The Morgan fingerprint density at radius 3 is 2.83 bits per heavy atom. The molecule has 4 aromatic heterocycles. The van der Waals surface area contributed by atoms with Crippen LogP contribution in [0.15, 0.2) is 61.6 Å². The molecule has 0 saturated carbocycles. The first-order valence-electron chi connectivity index (χ1n) is 9.85. The third-order valence-electron chi connectivity index (χ3n) is 5.16. The Morgan fingerprint density at radius 1 is 1.10 bits per heavy atom. The van der Waals surface area contributed by atoms with Gasteiger partial charge in [-0.3, -0.25) is 0 Å². The molecule has 1 fully saturated rings. The number of pyridine rings is 2. The molecule has 0 radical (unpaired) electrons. The predicted molar refractivity (Wildman–Crippen MR) is 111 cm³/mol. The number of nitrogens with one attached hydrogen (secondary N) is 1. The van der Waals surface area contributed by atoms with Crippen LogP contribution in [0.3, 0.4) is 0 Å². The number of anilines is 1. The lowest BCUT2D eigenvalue weighted by Crippen LogP contribution is -2.43. The van der Waals surface area contributed by atoms with Crippen LogP contribution in [0.25, 0.3) is 16.6 Å². The second-order valence-electron chi connectivity index (χ2n) is 7.04. The monoisotopic (exact) mass is 389 g/mol. The van der Waals surface area contributed by atoms with Gasteiger partial charge in [0.05, 0.1) is 30.8 Å². The third kappa shape index (κ3) is 3.79. The fourth-order valence-electron chi connectivity index (χ4n) is 3.63. The van der Waals surface area contributed by atoms with E-state index in [1.54, 1.807) is 18.7 Å². The molecule has 8 heteroatoms. The van der Waals surface area contributed by atoms with Crippen LogP contribution in [0, 0.1) is 0 Å². The molecule has 8 nitrogen and oxygen atoms in total. The summed E-state index contributed by atoms with van der Waals surface area (Å²) in [5, 5.41) is 7.77. The van der Waals surface area contributed by atoms with E-state index in [-0.39, 0.29) is 0 Å². The zero-order valence-corrected chi connectivity index (χ0v) is 16.1. The summed E-state index contributed by atoms with van der Waals surface area (Å²) in [6.07, 6.45) is 11.1. The summed E-state index contributed by atoms with van der Waals surface area (Å²) in [5.74, 6) is 1.80. The van der Waals surface area contributed by atoms with Crippen LogP contribution in [0.2, 0.25) is 0 Å². The minimum atomic E-state index is 0.558. The van der Waals surface area contributed by atoms with Crippen LogP contribution in [-0.2, 0) is 6.54 Å². The van der Waals surface area contributed by atoms with Gasteiger partial charge in [-0.2, -0.15) is 5.10 Å². The molecular weight excluding hydrogens is 366 g/mol. The Balaban J connectivity index is 1.39. The molecular formula is C21H23N7O. The van der Waals surface area contributed by atoms with Gasteiger partial charge in [0.1, 0.15) is 18.2 Å². The molecule has 5 heterocycles. The zero-order chi connectivity index (χ0) is 19.5. The van der Waals surface area contributed by atoms with Crippen LogP contribution in [0.1, 0.15) is 0 Å². The van der Waals surface area contributed by atoms with Gasteiger partial charge in [-0.25, -0.2) is 14.5 Å². The average Bonchev–Trinajstić information content (AvgIpc) is 3.46. The van der Waals surface area contributed by atoms with Crippen LogP contribution in [-0.4, -0.2) is 56.9 Å². The van der Waals surface area contributed by atoms with Crippen LogP contribution >= 0.6 is 0 Å². The van der Waals surface area contributed by atoms with Crippen LogP contribution in [0.4, 0.5) is 5.82 Å². The SMILES string of the molecule is c1cn(CCOc2cc(-c3ccc(N4CCNCC4)nc3)c3ccnn3c2)cn1. The summed E-state index contributed by atoms with van der Waals surface area (Å²) in [5.41, 5.74) is 3.14. The summed E-state index contributed by atoms with van der Waals surface area (Å²) >= 11 is 0. The van der Waals surface area contributed by atoms with Gasteiger partial charge in [0, 0.05) is 55.9 Å². The van der Waals surface area contributed by atoms with E-state index in [4.69, 9.17) is 9.72 Å². The fraction of sp³-hybridized carbons (Fsp3) is 0.286. The van der Waals surface area contributed by atoms with Crippen molar-refractivity contribution in [2.45, 2.75) is 6.54 Å². The topological polar surface area (TPSA) is 72.5 Å². The van der Waals surface area contributed by atoms with Gasteiger partial charge < -0.3 is 19.5 Å². The molecule has 0 aromatic carbocycles. The van der Waals surface area contributed by atoms with Gasteiger partial charge in [0.2, 0.25) is 0 Å². The maximum absolute atomic E-state index is 5.99. The lowest BCUT2D eigenvalue weighted by atomic mass is 10.1. The van der Waals surface area contributed by atoms with Gasteiger partial charge in [-0.1, -0.05) is 0 Å². The fourth-order valence-corrected chi connectivity index (χ4v) is 3.63. The molecule has 0 amide bonds. The highest BCUT2D eigenvalue weighted by Crippen LogP contribution is 2.29. The number of hydrogen-bond donors (Lipinski definition) is 1. The summed E-state index contributed by atoms with van der Waals surface area (Å²) < 4.78 is 9.84. The van der Waals surface area contributed by atoms with Crippen molar-refractivity contribution in [3.05, 3.63) is 61.6 Å². The van der Waals surface area contributed by atoms with Gasteiger partial charge in [0.25, 0.3) is 0 Å². The van der Waals surface area contributed by atoms with Crippen molar-refractivity contribution >= 4 is 11.3 Å². The first kappa shape index (κ1) is 17.7. The molecule has 1 N–H and O–H groups in total. The van der Waals surface area contributed by atoms with E-state index in [1.807, 2.05) is 33.7 Å². The predicted octanol–water partition coefficient (Wildman–Crippen LogP) is 2.08.